The van der Waals surface area contributed by atoms with E-state index >= 15 is 0 Å². The van der Waals surface area contributed by atoms with Crippen molar-refractivity contribution in [2.24, 2.45) is 0 Å². The van der Waals surface area contributed by atoms with Gasteiger partial charge in [-0.15, -0.1) is 0 Å². The van der Waals surface area contributed by atoms with Gasteiger partial charge in [0.2, 0.25) is 0 Å². The summed E-state index contributed by atoms with van der Waals surface area (Å²) in [5.41, 5.74) is 1.84. The van der Waals surface area contributed by atoms with Crippen molar-refractivity contribution in [2.75, 3.05) is 0 Å². The van der Waals surface area contributed by atoms with Crippen molar-refractivity contribution in [1.29, 1.82) is 0 Å². The molecule has 0 saturated carbocycles. The van der Waals surface area contributed by atoms with E-state index in [4.69, 9.17) is 5.11 Å². The normalized spacial score (nSPS) is 11.7. The Morgan fingerprint density at radius 2 is 1.87 bits per heavy atom. The zero-order valence-electron chi connectivity index (χ0n) is 13.2. The molecule has 0 aliphatic carbocycles. The Bertz CT molecular complexity index is 699. The molecule has 23 heavy (non-hydrogen) atoms. The van der Waals surface area contributed by atoms with Crippen molar-refractivity contribution in [3.63, 3.8) is 0 Å². The van der Waals surface area contributed by atoms with Crippen LogP contribution in [0.1, 0.15) is 45.4 Å². The lowest BCUT2D eigenvalue weighted by molar-refractivity contribution is 0.0694. The highest BCUT2D eigenvalue weighted by Crippen LogP contribution is 2.09. The first-order valence-electron chi connectivity index (χ1n) is 7.57. The highest BCUT2D eigenvalue weighted by molar-refractivity contribution is 5.94. The maximum Gasteiger partial charge on any atom is 0.337 e. The minimum atomic E-state index is -1.04. The topological polar surface area (TPSA) is 79.3 Å². The first-order chi connectivity index (χ1) is 11.0. The maximum atomic E-state index is 12.3. The van der Waals surface area contributed by atoms with E-state index < -0.39 is 5.97 Å². The molecule has 1 heterocycles. The Balaban J connectivity index is 2.07. The summed E-state index contributed by atoms with van der Waals surface area (Å²) in [5.74, 6) is -1.33. The minimum absolute atomic E-state index is 0.00570. The number of carboxylic acid groups (broad SMARTS) is 1. The Morgan fingerprint density at radius 3 is 2.43 bits per heavy atom. The van der Waals surface area contributed by atoms with Crippen LogP contribution >= 0.6 is 0 Å². The fraction of sp³-hybridized carbons (Fsp3) is 0.278. The third kappa shape index (κ3) is 4.39. The number of hydrogen-bond donors (Lipinski definition) is 2. The quantitative estimate of drug-likeness (QED) is 0.859. The lowest BCUT2D eigenvalue weighted by Gasteiger charge is -2.17. The molecule has 120 valence electrons. The number of carbonyl (C=O) groups excluding carboxylic acids is 1. The molecule has 0 radical (unpaired) electrons. The Hall–Kier alpha value is -2.69. The number of carbonyl (C=O) groups is 2. The number of amides is 1. The highest BCUT2D eigenvalue weighted by atomic mass is 16.4. The van der Waals surface area contributed by atoms with E-state index in [2.05, 4.69) is 10.3 Å². The SMILES string of the molecule is CCC(Cc1ccccc1)NC(=O)c1ccc(C(=O)O)c(C)n1. The summed E-state index contributed by atoms with van der Waals surface area (Å²) < 4.78 is 0. The van der Waals surface area contributed by atoms with Gasteiger partial charge >= 0.3 is 5.97 Å². The molecule has 0 saturated heterocycles. The second-order valence-electron chi connectivity index (χ2n) is 5.40. The molecule has 1 unspecified atom stereocenters. The Labute approximate surface area is 135 Å². The van der Waals surface area contributed by atoms with Crippen LogP contribution in [-0.2, 0) is 6.42 Å². The smallest absolute Gasteiger partial charge is 0.337 e. The molecule has 1 aromatic heterocycles. The molecule has 1 amide bonds. The third-order valence-corrected chi connectivity index (χ3v) is 3.70. The van der Waals surface area contributed by atoms with Crippen LogP contribution in [0.15, 0.2) is 42.5 Å². The number of benzene rings is 1. The largest absolute Gasteiger partial charge is 0.478 e. The predicted octanol–water partition coefficient (Wildman–Crippen LogP) is 2.84. The average Bonchev–Trinajstić information content (AvgIpc) is 2.54. The number of rotatable bonds is 6. The number of aromatic carboxylic acids is 1. The van der Waals surface area contributed by atoms with E-state index in [0.29, 0.717) is 5.69 Å². The van der Waals surface area contributed by atoms with Crippen LogP contribution in [0, 0.1) is 6.92 Å². The van der Waals surface area contributed by atoms with Crippen LogP contribution in [0.3, 0.4) is 0 Å². The second kappa shape index (κ2) is 7.54. The van der Waals surface area contributed by atoms with Crippen LogP contribution in [-0.4, -0.2) is 28.0 Å². The summed E-state index contributed by atoms with van der Waals surface area (Å²) in [6.45, 7) is 3.60. The summed E-state index contributed by atoms with van der Waals surface area (Å²) >= 11 is 0. The summed E-state index contributed by atoms with van der Waals surface area (Å²) in [6.07, 6.45) is 1.54. The van der Waals surface area contributed by atoms with Crippen molar-refractivity contribution < 1.29 is 14.7 Å². The van der Waals surface area contributed by atoms with E-state index in [0.717, 1.165) is 18.4 Å². The molecular formula is C18H20N2O3. The van der Waals surface area contributed by atoms with Gasteiger partial charge in [-0.2, -0.15) is 0 Å². The van der Waals surface area contributed by atoms with Gasteiger partial charge in [-0.25, -0.2) is 9.78 Å². The summed E-state index contributed by atoms with van der Waals surface area (Å²) in [5, 5.41) is 12.0. The molecule has 0 bridgehead atoms. The predicted molar refractivity (Wildman–Crippen MR) is 87.6 cm³/mol. The van der Waals surface area contributed by atoms with Crippen molar-refractivity contribution in [3.8, 4) is 0 Å². The first-order valence-corrected chi connectivity index (χ1v) is 7.57. The molecule has 1 aromatic carbocycles. The van der Waals surface area contributed by atoms with E-state index in [1.54, 1.807) is 6.92 Å². The second-order valence-corrected chi connectivity index (χ2v) is 5.40. The zero-order chi connectivity index (χ0) is 16.8. The molecule has 5 nitrogen and oxygen atoms in total. The lowest BCUT2D eigenvalue weighted by Crippen LogP contribution is -2.36. The standard InChI is InChI=1S/C18H20N2O3/c1-3-14(11-13-7-5-4-6-8-13)20-17(21)16-10-9-15(18(22)23)12(2)19-16/h4-10,14H,3,11H2,1-2H3,(H,20,21)(H,22,23). The number of carboxylic acids is 1. The average molecular weight is 312 g/mol. The third-order valence-electron chi connectivity index (χ3n) is 3.70. The van der Waals surface area contributed by atoms with Gasteiger partial charge in [-0.05, 0) is 37.5 Å². The molecule has 2 aromatic rings. The lowest BCUT2D eigenvalue weighted by atomic mass is 10.0. The van der Waals surface area contributed by atoms with Crippen molar-refractivity contribution >= 4 is 11.9 Å². The van der Waals surface area contributed by atoms with Gasteiger partial charge in [0.25, 0.3) is 5.91 Å². The fourth-order valence-electron chi connectivity index (χ4n) is 2.37. The van der Waals surface area contributed by atoms with Gasteiger partial charge in [0.05, 0.1) is 11.3 Å². The number of aromatic nitrogens is 1. The number of pyridine rings is 1. The fourth-order valence-corrected chi connectivity index (χ4v) is 2.37. The van der Waals surface area contributed by atoms with Crippen LogP contribution in [0.2, 0.25) is 0 Å². The van der Waals surface area contributed by atoms with E-state index in [9.17, 15) is 9.59 Å². The van der Waals surface area contributed by atoms with Crippen LogP contribution < -0.4 is 5.32 Å². The van der Waals surface area contributed by atoms with Crippen molar-refractivity contribution in [3.05, 3.63) is 65.0 Å². The maximum absolute atomic E-state index is 12.3. The van der Waals surface area contributed by atoms with Crippen LogP contribution in [0.25, 0.3) is 0 Å². The summed E-state index contributed by atoms with van der Waals surface area (Å²) in [4.78, 5) is 27.4. The van der Waals surface area contributed by atoms with Gasteiger partial charge in [0.15, 0.2) is 0 Å². The van der Waals surface area contributed by atoms with E-state index in [-0.39, 0.29) is 23.2 Å². The summed E-state index contributed by atoms with van der Waals surface area (Å²) in [6, 6.07) is 12.8. The molecule has 0 aliphatic heterocycles. The number of aryl methyl sites for hydroxylation is 1. The van der Waals surface area contributed by atoms with Gasteiger partial charge in [-0.3, -0.25) is 4.79 Å². The van der Waals surface area contributed by atoms with Crippen LogP contribution in [0.5, 0.6) is 0 Å². The van der Waals surface area contributed by atoms with Gasteiger partial charge in [0.1, 0.15) is 5.69 Å². The van der Waals surface area contributed by atoms with Gasteiger partial charge < -0.3 is 10.4 Å². The molecule has 0 aliphatic rings. The monoisotopic (exact) mass is 312 g/mol. The van der Waals surface area contributed by atoms with Crippen molar-refractivity contribution in [2.45, 2.75) is 32.7 Å². The molecule has 2 N–H and O–H groups in total. The number of nitrogens with one attached hydrogen (secondary N) is 1. The van der Waals surface area contributed by atoms with Gasteiger partial charge in [0, 0.05) is 6.04 Å². The molecule has 2 rings (SSSR count). The molecule has 0 spiro atoms. The molecular weight excluding hydrogens is 292 g/mol. The Kier molecular flexibility index (Phi) is 5.46. The zero-order valence-corrected chi connectivity index (χ0v) is 13.2. The first kappa shape index (κ1) is 16.7. The molecule has 0 fully saturated rings. The van der Waals surface area contributed by atoms with Crippen molar-refractivity contribution in [1.82, 2.24) is 10.3 Å². The number of hydrogen-bond acceptors (Lipinski definition) is 3. The van der Waals surface area contributed by atoms with Crippen LogP contribution in [0.4, 0.5) is 0 Å². The molecule has 5 heteroatoms. The Morgan fingerprint density at radius 1 is 1.17 bits per heavy atom. The summed E-state index contributed by atoms with van der Waals surface area (Å²) in [7, 11) is 0. The van der Waals surface area contributed by atoms with Gasteiger partial charge in [-0.1, -0.05) is 37.3 Å². The van der Waals surface area contributed by atoms with E-state index in [1.807, 2.05) is 37.3 Å². The van der Waals surface area contributed by atoms with E-state index in [1.165, 1.54) is 12.1 Å². The highest BCUT2D eigenvalue weighted by Gasteiger charge is 2.16. The minimum Gasteiger partial charge on any atom is -0.478 e. The molecule has 1 atom stereocenters. The number of nitrogens with zero attached hydrogens (tertiary/aromatic N) is 1.